The Bertz CT molecular complexity index is 1180. The molecule has 0 radical (unpaired) electrons. The van der Waals surface area contributed by atoms with Crippen molar-refractivity contribution in [1.82, 2.24) is 4.98 Å². The fourth-order valence-corrected chi connectivity index (χ4v) is 13.1. The van der Waals surface area contributed by atoms with Gasteiger partial charge in [0.15, 0.2) is 0 Å². The van der Waals surface area contributed by atoms with E-state index in [-0.39, 0.29) is 20.6 Å². The molecule has 2 unspecified atom stereocenters. The maximum absolute atomic E-state index is 13.3. The molecule has 4 heterocycles. The normalized spacial score (nSPS) is 28.2. The maximum atomic E-state index is 13.3. The van der Waals surface area contributed by atoms with Crippen molar-refractivity contribution in [3.05, 3.63) is 45.6 Å². The van der Waals surface area contributed by atoms with Crippen molar-refractivity contribution >= 4 is 41.5 Å². The van der Waals surface area contributed by atoms with E-state index >= 15 is 0 Å². The first-order chi connectivity index (χ1) is 14.1. The van der Waals surface area contributed by atoms with Gasteiger partial charge in [-0.05, 0) is 0 Å². The van der Waals surface area contributed by atoms with Crippen LogP contribution in [0, 0.1) is 5.92 Å². The Morgan fingerprint density at radius 2 is 1.90 bits per heavy atom. The number of nitrogens with one attached hydrogen (secondary N) is 1. The van der Waals surface area contributed by atoms with Gasteiger partial charge in [-0.3, -0.25) is 0 Å². The van der Waals surface area contributed by atoms with Crippen LogP contribution in [0.2, 0.25) is 0 Å². The molecule has 0 amide bonds. The Kier molecular flexibility index (Phi) is 3.95. The molecule has 1 saturated heterocycles. The molecule has 6 heteroatoms. The van der Waals surface area contributed by atoms with E-state index in [1.54, 1.807) is 0 Å². The van der Waals surface area contributed by atoms with Gasteiger partial charge in [0.1, 0.15) is 0 Å². The second kappa shape index (κ2) is 6.45. The van der Waals surface area contributed by atoms with Crippen molar-refractivity contribution in [2.75, 3.05) is 6.79 Å². The minimum absolute atomic E-state index is 0.00111. The number of halogens is 1. The summed E-state index contributed by atoms with van der Waals surface area (Å²) in [6.45, 7) is 2.15. The third-order valence-electron chi connectivity index (χ3n) is 6.42. The third-order valence-corrected chi connectivity index (χ3v) is 13.6. The van der Waals surface area contributed by atoms with E-state index in [4.69, 9.17) is 9.47 Å². The minimum atomic E-state index is -2.31. The number of H-pyrrole nitrogens is 1. The van der Waals surface area contributed by atoms with Crippen molar-refractivity contribution in [3.63, 3.8) is 0 Å². The molecule has 1 aromatic carbocycles. The topological polar surface area (TPSA) is 68.4 Å². The summed E-state index contributed by atoms with van der Waals surface area (Å²) >= 11 is -2.31. The van der Waals surface area contributed by atoms with Crippen LogP contribution >= 0.6 is 19.8 Å². The van der Waals surface area contributed by atoms with Gasteiger partial charge in [-0.1, -0.05) is 0 Å². The van der Waals surface area contributed by atoms with Gasteiger partial charge in [-0.15, -0.1) is 0 Å². The molecule has 3 aliphatic heterocycles. The van der Waals surface area contributed by atoms with Crippen LogP contribution in [-0.4, -0.2) is 25.3 Å². The summed E-state index contributed by atoms with van der Waals surface area (Å²) in [4.78, 5) is 30.1. The Labute approximate surface area is 175 Å². The molecule has 29 heavy (non-hydrogen) atoms. The van der Waals surface area contributed by atoms with E-state index in [1.807, 2.05) is 19.1 Å². The van der Waals surface area contributed by atoms with Gasteiger partial charge < -0.3 is 0 Å². The second-order valence-electron chi connectivity index (χ2n) is 8.18. The fourth-order valence-electron chi connectivity index (χ4n) is 5.01. The van der Waals surface area contributed by atoms with E-state index in [0.717, 1.165) is 41.7 Å². The molecule has 3 atom stereocenters. The fraction of sp³-hybridized carbons (Fsp3) is 0.391. The quantitative estimate of drug-likeness (QED) is 0.370. The molecule has 150 valence electrons. The molecule has 4 aliphatic rings. The van der Waals surface area contributed by atoms with E-state index in [9.17, 15) is 9.59 Å². The van der Waals surface area contributed by atoms with Crippen molar-refractivity contribution < 1.29 is 19.1 Å². The van der Waals surface area contributed by atoms with Crippen LogP contribution in [0.3, 0.4) is 0 Å². The molecule has 1 fully saturated rings. The van der Waals surface area contributed by atoms with Crippen LogP contribution in [-0.2, 0) is 16.0 Å². The molecule has 1 aromatic heterocycles. The number of fused-ring (bicyclic) bond motifs is 5. The molecule has 0 bridgehead atoms. The molecular formula is C23H22INO4. The number of ketones is 1. The molecular weight excluding hydrogens is 481 g/mol. The monoisotopic (exact) mass is 503 g/mol. The summed E-state index contributed by atoms with van der Waals surface area (Å²) in [5.41, 5.74) is 3.51. The van der Waals surface area contributed by atoms with E-state index < -0.39 is 19.8 Å². The van der Waals surface area contributed by atoms with Crippen molar-refractivity contribution in [3.8, 4) is 11.5 Å². The zero-order chi connectivity index (χ0) is 19.7. The molecule has 6 rings (SSSR count). The summed E-state index contributed by atoms with van der Waals surface area (Å²) < 4.78 is 11.4. The first-order valence-electron chi connectivity index (χ1n) is 10.2. The Morgan fingerprint density at radius 1 is 1.07 bits per heavy atom. The first kappa shape index (κ1) is 17.7. The number of benzene rings is 1. The number of aromatic nitrogens is 1. The van der Waals surface area contributed by atoms with Gasteiger partial charge in [-0.25, -0.2) is 0 Å². The predicted molar refractivity (Wildman–Crippen MR) is 118 cm³/mol. The summed E-state index contributed by atoms with van der Waals surface area (Å²) in [5, 5.41) is 2.42. The number of Topliss-reactive ketones (excluding diaryl/α,β-unsaturated/α-hetero) is 1. The summed E-state index contributed by atoms with van der Waals surface area (Å²) in [6.07, 6.45) is 7.75. The molecule has 0 saturated carbocycles. The van der Waals surface area contributed by atoms with Crippen LogP contribution in [0.15, 0.2) is 18.2 Å². The van der Waals surface area contributed by atoms with E-state index in [1.165, 1.54) is 16.5 Å². The number of alkyl halides is 2. The zero-order valence-corrected chi connectivity index (χ0v) is 18.3. The van der Waals surface area contributed by atoms with E-state index in [0.29, 0.717) is 16.0 Å². The standard InChI is InChI=1S/C23H22INO4/c1-12-8-20(26)24-16(23(12)27)10-15-14-4-2-3-5-17(14)25-22(15)21(24)13-6-7-18-19(9-13)29-11-28-18/h4-7,9,12,16,21,25H,2-3,8,10-11H2,1H3/t12?,16?,21-/m1/s1. The van der Waals surface area contributed by atoms with Crippen LogP contribution in [0.4, 0.5) is 0 Å². The molecule has 1 N–H and O–H groups in total. The number of carbonyl (C=O) groups excluding carboxylic acids is 2. The third kappa shape index (κ3) is 2.57. The molecule has 2 aromatic rings. The Hall–Kier alpha value is -2.09. The van der Waals surface area contributed by atoms with Gasteiger partial charge in [-0.2, -0.15) is 0 Å². The van der Waals surface area contributed by atoms with Crippen molar-refractivity contribution in [2.45, 2.75) is 40.5 Å². The van der Waals surface area contributed by atoms with Crippen molar-refractivity contribution in [1.29, 1.82) is 0 Å². The SMILES string of the molecule is CC1CC(=O)I2C(Cc3c([nH]c4c3=CCCC=4)[C@H]2c2ccc3c(c2)OCO3)C1=O. The van der Waals surface area contributed by atoms with Crippen LogP contribution < -0.4 is 20.0 Å². The number of hydrogen-bond donors (Lipinski definition) is 1. The van der Waals surface area contributed by atoms with Gasteiger partial charge in [0.25, 0.3) is 0 Å². The molecule has 1 aliphatic carbocycles. The van der Waals surface area contributed by atoms with E-state index in [2.05, 4.69) is 23.2 Å². The first-order valence-corrected chi connectivity index (χ1v) is 13.7. The summed E-state index contributed by atoms with van der Waals surface area (Å²) in [6, 6.07) is 6.03. The number of rotatable bonds is 1. The zero-order valence-electron chi connectivity index (χ0n) is 16.2. The van der Waals surface area contributed by atoms with Gasteiger partial charge in [0.2, 0.25) is 0 Å². The average molecular weight is 503 g/mol. The Balaban J connectivity index is 1.59. The van der Waals surface area contributed by atoms with Gasteiger partial charge in [0, 0.05) is 0 Å². The van der Waals surface area contributed by atoms with Crippen molar-refractivity contribution in [2.24, 2.45) is 5.92 Å². The molecule has 0 spiro atoms. The number of carbonyl (C=O) groups is 2. The van der Waals surface area contributed by atoms with Gasteiger partial charge in [0.05, 0.1) is 0 Å². The number of hydrogen-bond acceptors (Lipinski definition) is 4. The van der Waals surface area contributed by atoms with Crippen LogP contribution in [0.25, 0.3) is 12.2 Å². The molecule has 5 nitrogen and oxygen atoms in total. The second-order valence-corrected chi connectivity index (χ2v) is 14.1. The predicted octanol–water partition coefficient (Wildman–Crippen LogP) is 2.75. The van der Waals surface area contributed by atoms with Crippen LogP contribution in [0.1, 0.15) is 46.9 Å². The number of ether oxygens (including phenoxy) is 2. The van der Waals surface area contributed by atoms with Crippen LogP contribution in [0.5, 0.6) is 11.5 Å². The average Bonchev–Trinajstić information content (AvgIpc) is 3.34. The number of aromatic amines is 1. The summed E-state index contributed by atoms with van der Waals surface area (Å²) in [7, 11) is 0. The Morgan fingerprint density at radius 3 is 2.79 bits per heavy atom. The van der Waals surface area contributed by atoms with Gasteiger partial charge >= 0.3 is 176 Å². The summed E-state index contributed by atoms with van der Waals surface area (Å²) in [5.74, 6) is 1.64.